The van der Waals surface area contributed by atoms with Crippen LogP contribution < -0.4 is 15.4 Å². The summed E-state index contributed by atoms with van der Waals surface area (Å²) in [5, 5.41) is 5.32. The van der Waals surface area contributed by atoms with Crippen molar-refractivity contribution in [3.8, 4) is 5.75 Å². The molecule has 122 valence electrons. The molecule has 6 heteroatoms. The summed E-state index contributed by atoms with van der Waals surface area (Å²) < 4.78 is 5.65. The van der Waals surface area contributed by atoms with Crippen molar-refractivity contribution >= 4 is 29.0 Å². The number of amides is 2. The third-order valence-corrected chi connectivity index (χ3v) is 3.87. The molecule has 0 saturated carbocycles. The minimum absolute atomic E-state index is 0.0635. The summed E-state index contributed by atoms with van der Waals surface area (Å²) >= 11 is 0. The van der Waals surface area contributed by atoms with E-state index >= 15 is 0 Å². The molecule has 24 heavy (non-hydrogen) atoms. The lowest BCUT2D eigenvalue weighted by Gasteiger charge is -2.33. The summed E-state index contributed by atoms with van der Waals surface area (Å²) in [6.45, 7) is 2.88. The fourth-order valence-corrected chi connectivity index (χ4v) is 2.35. The normalized spacial score (nSPS) is 18.8. The Hall–Kier alpha value is -3.15. The van der Waals surface area contributed by atoms with Gasteiger partial charge in [-0.2, -0.15) is 0 Å². The molecule has 1 unspecified atom stereocenters. The number of carbonyl (C=O) groups excluding carboxylic acids is 3. The van der Waals surface area contributed by atoms with E-state index in [1.807, 2.05) is 0 Å². The topological polar surface area (TPSA) is 84.5 Å². The number of benzene rings is 2. The zero-order chi connectivity index (χ0) is 17.3. The second-order valence-electron chi connectivity index (χ2n) is 5.67. The average molecular weight is 324 g/mol. The molecule has 1 aliphatic heterocycles. The Labute approximate surface area is 138 Å². The van der Waals surface area contributed by atoms with Gasteiger partial charge in [0.05, 0.1) is 5.69 Å². The van der Waals surface area contributed by atoms with Gasteiger partial charge in [0.1, 0.15) is 5.75 Å². The molecule has 0 saturated heterocycles. The van der Waals surface area contributed by atoms with Crippen molar-refractivity contribution < 1.29 is 19.1 Å². The molecule has 2 aromatic carbocycles. The first-order chi connectivity index (χ1) is 11.4. The van der Waals surface area contributed by atoms with E-state index in [4.69, 9.17) is 4.74 Å². The number of para-hydroxylation sites is 2. The zero-order valence-electron chi connectivity index (χ0n) is 13.3. The Morgan fingerprint density at radius 2 is 1.75 bits per heavy atom. The van der Waals surface area contributed by atoms with Gasteiger partial charge in [0.2, 0.25) is 0 Å². The molecule has 0 aromatic heterocycles. The van der Waals surface area contributed by atoms with Gasteiger partial charge in [0.15, 0.2) is 5.78 Å². The first-order valence-corrected chi connectivity index (χ1v) is 7.42. The number of nitrogens with one attached hydrogen (secondary N) is 2. The molecule has 1 atom stereocenters. The molecule has 0 bridgehead atoms. The van der Waals surface area contributed by atoms with E-state index in [1.54, 1.807) is 48.5 Å². The molecule has 2 aromatic rings. The molecule has 0 radical (unpaired) electrons. The lowest BCUT2D eigenvalue weighted by molar-refractivity contribution is -0.143. The molecule has 1 heterocycles. The summed E-state index contributed by atoms with van der Waals surface area (Å²) in [4.78, 5) is 36.2. The van der Waals surface area contributed by atoms with Crippen LogP contribution in [-0.4, -0.2) is 23.2 Å². The van der Waals surface area contributed by atoms with Gasteiger partial charge in [-0.05, 0) is 50.2 Å². The Balaban J connectivity index is 1.81. The zero-order valence-corrected chi connectivity index (χ0v) is 13.3. The van der Waals surface area contributed by atoms with Crippen LogP contribution >= 0.6 is 0 Å². The highest BCUT2D eigenvalue weighted by molar-refractivity contribution is 6.19. The minimum Gasteiger partial charge on any atom is -0.466 e. The molecule has 0 fully saturated rings. The predicted octanol–water partition coefficient (Wildman–Crippen LogP) is 2.62. The number of carbonyl (C=O) groups is 3. The van der Waals surface area contributed by atoms with E-state index in [2.05, 4.69) is 10.6 Å². The second kappa shape index (κ2) is 5.81. The number of Topliss-reactive ketones (excluding diaryl/α,β-unsaturated/α-hetero) is 1. The van der Waals surface area contributed by atoms with Gasteiger partial charge in [-0.1, -0.05) is 12.1 Å². The van der Waals surface area contributed by atoms with E-state index in [-0.39, 0.29) is 5.78 Å². The van der Waals surface area contributed by atoms with Crippen LogP contribution in [0.15, 0.2) is 48.5 Å². The van der Waals surface area contributed by atoms with Crippen LogP contribution in [0.5, 0.6) is 5.75 Å². The van der Waals surface area contributed by atoms with Crippen LogP contribution in [0.4, 0.5) is 11.4 Å². The van der Waals surface area contributed by atoms with Gasteiger partial charge in [-0.3, -0.25) is 14.4 Å². The number of fused-ring (bicyclic) bond motifs is 1. The number of ketones is 1. The quantitative estimate of drug-likeness (QED) is 0.671. The average Bonchev–Trinajstić information content (AvgIpc) is 2.56. The van der Waals surface area contributed by atoms with Gasteiger partial charge in [0, 0.05) is 11.3 Å². The van der Waals surface area contributed by atoms with E-state index in [9.17, 15) is 14.4 Å². The third kappa shape index (κ3) is 2.74. The Morgan fingerprint density at radius 1 is 1.08 bits per heavy atom. The lowest BCUT2D eigenvalue weighted by atomic mass is 10.0. The smallest absolute Gasteiger partial charge is 0.278 e. The second-order valence-corrected chi connectivity index (χ2v) is 5.67. The van der Waals surface area contributed by atoms with E-state index in [0.29, 0.717) is 22.7 Å². The van der Waals surface area contributed by atoms with Crippen LogP contribution in [0.25, 0.3) is 0 Å². The van der Waals surface area contributed by atoms with Gasteiger partial charge < -0.3 is 15.4 Å². The fourth-order valence-electron chi connectivity index (χ4n) is 2.35. The molecular formula is C18H16N2O4. The molecule has 0 aliphatic carbocycles. The van der Waals surface area contributed by atoms with Crippen LogP contribution in [0.2, 0.25) is 0 Å². The fraction of sp³-hybridized carbons (Fsp3) is 0.167. The van der Waals surface area contributed by atoms with Gasteiger partial charge >= 0.3 is 0 Å². The first-order valence-electron chi connectivity index (χ1n) is 7.42. The number of hydrogen-bond donors (Lipinski definition) is 2. The maximum absolute atomic E-state index is 12.6. The molecule has 2 N–H and O–H groups in total. The number of rotatable bonds is 3. The van der Waals surface area contributed by atoms with E-state index in [0.717, 1.165) is 0 Å². The summed E-state index contributed by atoms with van der Waals surface area (Å²) in [5.74, 6) is -0.766. The highest BCUT2D eigenvalue weighted by Gasteiger charge is 2.47. The van der Waals surface area contributed by atoms with E-state index < -0.39 is 17.4 Å². The monoisotopic (exact) mass is 324 g/mol. The Kier molecular flexibility index (Phi) is 3.81. The van der Waals surface area contributed by atoms with Gasteiger partial charge in [0.25, 0.3) is 17.4 Å². The van der Waals surface area contributed by atoms with Crippen molar-refractivity contribution in [2.45, 2.75) is 19.4 Å². The molecule has 1 aliphatic rings. The van der Waals surface area contributed by atoms with Crippen LogP contribution in [-0.2, 0) is 9.59 Å². The maximum atomic E-state index is 12.6. The lowest BCUT2D eigenvalue weighted by Crippen LogP contribution is -2.56. The Bertz CT molecular complexity index is 829. The van der Waals surface area contributed by atoms with Crippen LogP contribution in [0, 0.1) is 0 Å². The standard InChI is InChI=1S/C18H16N2O4/c1-11(21)12-7-9-13(10-8-12)19-16(22)18(2)17(23)20-14-5-3-4-6-15(14)24-18/h3-10H,1-2H3,(H,19,22)(H,20,23). The maximum Gasteiger partial charge on any atom is 0.278 e. The van der Waals surface area contributed by atoms with Crippen molar-refractivity contribution in [2.75, 3.05) is 10.6 Å². The SMILES string of the molecule is CC(=O)c1ccc(NC(=O)C2(C)Oc3ccccc3NC2=O)cc1. The van der Waals surface area contributed by atoms with Crippen LogP contribution in [0.1, 0.15) is 24.2 Å². The molecular weight excluding hydrogens is 308 g/mol. The third-order valence-electron chi connectivity index (χ3n) is 3.87. The molecule has 0 spiro atoms. The molecule has 2 amide bonds. The van der Waals surface area contributed by atoms with Crippen molar-refractivity contribution in [1.29, 1.82) is 0 Å². The molecule has 6 nitrogen and oxygen atoms in total. The predicted molar refractivity (Wildman–Crippen MR) is 89.2 cm³/mol. The number of hydrogen-bond acceptors (Lipinski definition) is 4. The summed E-state index contributed by atoms with van der Waals surface area (Å²) in [6, 6.07) is 13.3. The highest BCUT2D eigenvalue weighted by atomic mass is 16.5. The summed E-state index contributed by atoms with van der Waals surface area (Å²) in [7, 11) is 0. The van der Waals surface area contributed by atoms with Crippen molar-refractivity contribution in [3.05, 3.63) is 54.1 Å². The van der Waals surface area contributed by atoms with Crippen molar-refractivity contribution in [1.82, 2.24) is 0 Å². The number of ether oxygens (including phenoxy) is 1. The highest BCUT2D eigenvalue weighted by Crippen LogP contribution is 2.33. The summed E-state index contributed by atoms with van der Waals surface area (Å²) in [6.07, 6.45) is 0. The van der Waals surface area contributed by atoms with Gasteiger partial charge in [-0.25, -0.2) is 0 Å². The van der Waals surface area contributed by atoms with E-state index in [1.165, 1.54) is 13.8 Å². The Morgan fingerprint density at radius 3 is 2.42 bits per heavy atom. The van der Waals surface area contributed by atoms with Crippen LogP contribution in [0.3, 0.4) is 0 Å². The van der Waals surface area contributed by atoms with Crippen molar-refractivity contribution in [2.24, 2.45) is 0 Å². The minimum atomic E-state index is -1.69. The summed E-state index contributed by atoms with van der Waals surface area (Å²) in [5.41, 5.74) is -0.145. The van der Waals surface area contributed by atoms with Gasteiger partial charge in [-0.15, -0.1) is 0 Å². The first kappa shape index (κ1) is 15.7. The van der Waals surface area contributed by atoms with Crippen molar-refractivity contribution in [3.63, 3.8) is 0 Å². The number of anilines is 2. The largest absolute Gasteiger partial charge is 0.466 e. The molecule has 3 rings (SSSR count).